The third kappa shape index (κ3) is 3.95. The maximum Gasteiger partial charge on any atom is 0.404 e. The van der Waals surface area contributed by atoms with E-state index in [0.29, 0.717) is 11.4 Å². The monoisotopic (exact) mass is 321 g/mol. The third-order valence-electron chi connectivity index (χ3n) is 2.80. The molecule has 2 aromatic rings. The van der Waals surface area contributed by atoms with Crippen LogP contribution in [0.4, 0.5) is 4.79 Å². The summed E-state index contributed by atoms with van der Waals surface area (Å²) in [7, 11) is 1.58. The van der Waals surface area contributed by atoms with E-state index in [1.807, 2.05) is 24.3 Å². The van der Waals surface area contributed by atoms with Crippen LogP contribution in [0.1, 0.15) is 10.5 Å². The Labute approximate surface area is 131 Å². The van der Waals surface area contributed by atoms with Crippen LogP contribution in [-0.4, -0.2) is 42.3 Å². The normalized spacial score (nSPS) is 10.0. The number of methoxy groups -OCH3 is 1. The van der Waals surface area contributed by atoms with Gasteiger partial charge in [-0.05, 0) is 17.7 Å². The Bertz CT molecular complexity index is 672. The Balaban J connectivity index is 2.08. The largest absolute Gasteiger partial charge is 0.497 e. The van der Waals surface area contributed by atoms with Crippen molar-refractivity contribution in [2.45, 2.75) is 0 Å². The number of thiazole rings is 1. The lowest BCUT2D eigenvalue weighted by Gasteiger charge is -2.06. The van der Waals surface area contributed by atoms with Gasteiger partial charge in [0.05, 0.1) is 17.5 Å². The molecule has 1 aromatic carbocycles. The first-order chi connectivity index (χ1) is 10.6. The topological polar surface area (TPSA) is 101 Å². The van der Waals surface area contributed by atoms with E-state index in [2.05, 4.69) is 15.6 Å². The molecule has 2 rings (SSSR count). The Morgan fingerprint density at radius 3 is 2.82 bits per heavy atom. The summed E-state index contributed by atoms with van der Waals surface area (Å²) in [6.45, 7) is 0.333. The van der Waals surface area contributed by atoms with Gasteiger partial charge in [-0.3, -0.25) is 4.79 Å². The lowest BCUT2D eigenvalue weighted by Crippen LogP contribution is -2.34. The highest BCUT2D eigenvalue weighted by Crippen LogP contribution is 2.30. The molecule has 8 heteroatoms. The minimum atomic E-state index is -1.13. The molecule has 1 heterocycles. The lowest BCUT2D eigenvalue weighted by molar-refractivity contribution is 0.0949. The predicted molar refractivity (Wildman–Crippen MR) is 82.5 cm³/mol. The van der Waals surface area contributed by atoms with Gasteiger partial charge in [0.15, 0.2) is 0 Å². The van der Waals surface area contributed by atoms with Gasteiger partial charge in [0.1, 0.15) is 11.4 Å². The molecule has 0 bridgehead atoms. The fourth-order valence-electron chi connectivity index (χ4n) is 1.81. The number of carbonyl (C=O) groups excluding carboxylic acids is 1. The summed E-state index contributed by atoms with van der Waals surface area (Å²) >= 11 is 1.36. The SMILES string of the molecule is COc1cccc(-c2scnc2C(=O)NCCNC(=O)O)c1. The molecule has 0 fully saturated rings. The average molecular weight is 321 g/mol. The van der Waals surface area contributed by atoms with Gasteiger partial charge in [-0.2, -0.15) is 0 Å². The van der Waals surface area contributed by atoms with E-state index in [9.17, 15) is 9.59 Å². The highest BCUT2D eigenvalue weighted by molar-refractivity contribution is 7.13. The summed E-state index contributed by atoms with van der Waals surface area (Å²) < 4.78 is 5.17. The maximum absolute atomic E-state index is 12.1. The molecule has 0 radical (unpaired) electrons. The Kier molecular flexibility index (Phi) is 5.31. The molecule has 0 saturated carbocycles. The molecule has 0 saturated heterocycles. The number of hydrogen-bond acceptors (Lipinski definition) is 5. The number of carboxylic acid groups (broad SMARTS) is 1. The van der Waals surface area contributed by atoms with Crippen LogP contribution in [0.25, 0.3) is 10.4 Å². The second kappa shape index (κ2) is 7.41. The van der Waals surface area contributed by atoms with E-state index in [1.54, 1.807) is 12.6 Å². The van der Waals surface area contributed by atoms with E-state index in [4.69, 9.17) is 9.84 Å². The maximum atomic E-state index is 12.1. The number of hydrogen-bond donors (Lipinski definition) is 3. The number of nitrogens with one attached hydrogen (secondary N) is 2. The van der Waals surface area contributed by atoms with Crippen molar-refractivity contribution >= 4 is 23.3 Å². The van der Waals surface area contributed by atoms with Gasteiger partial charge in [-0.25, -0.2) is 9.78 Å². The van der Waals surface area contributed by atoms with Gasteiger partial charge in [-0.15, -0.1) is 11.3 Å². The average Bonchev–Trinajstić information content (AvgIpc) is 3.01. The highest BCUT2D eigenvalue weighted by Gasteiger charge is 2.16. The van der Waals surface area contributed by atoms with Gasteiger partial charge in [-0.1, -0.05) is 12.1 Å². The molecular formula is C14H15N3O4S. The summed E-state index contributed by atoms with van der Waals surface area (Å²) in [5, 5.41) is 13.3. The summed E-state index contributed by atoms with van der Waals surface area (Å²) in [5.74, 6) is 0.356. The predicted octanol–water partition coefficient (Wildman–Crippen LogP) is 1.82. The number of carbonyl (C=O) groups is 2. The number of rotatable bonds is 6. The first-order valence-electron chi connectivity index (χ1n) is 6.44. The minimum absolute atomic E-state index is 0.139. The zero-order chi connectivity index (χ0) is 15.9. The zero-order valence-electron chi connectivity index (χ0n) is 11.8. The zero-order valence-corrected chi connectivity index (χ0v) is 12.6. The lowest BCUT2D eigenvalue weighted by atomic mass is 10.1. The Morgan fingerprint density at radius 1 is 1.32 bits per heavy atom. The molecule has 0 aliphatic carbocycles. The number of ether oxygens (including phenoxy) is 1. The quantitative estimate of drug-likeness (QED) is 0.705. The van der Waals surface area contributed by atoms with Crippen molar-refractivity contribution in [3.8, 4) is 16.2 Å². The van der Waals surface area contributed by atoms with Crippen molar-refractivity contribution < 1.29 is 19.4 Å². The first kappa shape index (κ1) is 15.8. The molecular weight excluding hydrogens is 306 g/mol. The van der Waals surface area contributed by atoms with Crippen molar-refractivity contribution in [2.75, 3.05) is 20.2 Å². The molecule has 0 aliphatic heterocycles. The van der Waals surface area contributed by atoms with Crippen LogP contribution in [-0.2, 0) is 0 Å². The summed E-state index contributed by atoms with van der Waals surface area (Å²) in [6, 6.07) is 7.36. The standard InChI is InChI=1S/C14H15N3O4S/c1-21-10-4-2-3-9(7-10)12-11(17-8-22-12)13(18)15-5-6-16-14(19)20/h2-4,7-8,16H,5-6H2,1H3,(H,15,18)(H,19,20). The molecule has 7 nitrogen and oxygen atoms in total. The van der Waals surface area contributed by atoms with E-state index in [-0.39, 0.29) is 19.0 Å². The third-order valence-corrected chi connectivity index (χ3v) is 3.68. The van der Waals surface area contributed by atoms with E-state index in [1.165, 1.54) is 11.3 Å². The van der Waals surface area contributed by atoms with E-state index < -0.39 is 6.09 Å². The van der Waals surface area contributed by atoms with Crippen molar-refractivity contribution in [2.24, 2.45) is 0 Å². The van der Waals surface area contributed by atoms with Crippen molar-refractivity contribution in [3.05, 3.63) is 35.5 Å². The van der Waals surface area contributed by atoms with Crippen molar-refractivity contribution in [1.82, 2.24) is 15.6 Å². The van der Waals surface area contributed by atoms with Gasteiger partial charge >= 0.3 is 6.09 Å². The van der Waals surface area contributed by atoms with E-state index >= 15 is 0 Å². The number of nitrogens with zero attached hydrogens (tertiary/aromatic N) is 1. The van der Waals surface area contributed by atoms with Crippen LogP contribution in [0.5, 0.6) is 5.75 Å². The van der Waals surface area contributed by atoms with E-state index in [0.717, 1.165) is 10.4 Å². The second-order valence-electron chi connectivity index (χ2n) is 4.25. The van der Waals surface area contributed by atoms with Crippen LogP contribution in [0.3, 0.4) is 0 Å². The molecule has 0 unspecified atom stereocenters. The van der Waals surface area contributed by atoms with Crippen LogP contribution < -0.4 is 15.4 Å². The van der Waals surface area contributed by atoms with Gasteiger partial charge in [0.2, 0.25) is 0 Å². The summed E-state index contributed by atoms with van der Waals surface area (Å²) in [6.07, 6.45) is -1.13. The Morgan fingerprint density at radius 2 is 2.09 bits per heavy atom. The molecule has 0 spiro atoms. The van der Waals surface area contributed by atoms with Crippen LogP contribution >= 0.6 is 11.3 Å². The minimum Gasteiger partial charge on any atom is -0.497 e. The van der Waals surface area contributed by atoms with Crippen LogP contribution in [0, 0.1) is 0 Å². The fraction of sp³-hybridized carbons (Fsp3) is 0.214. The Hall–Kier alpha value is -2.61. The second-order valence-corrected chi connectivity index (χ2v) is 5.10. The molecule has 2 amide bonds. The molecule has 1 aromatic heterocycles. The van der Waals surface area contributed by atoms with Crippen molar-refractivity contribution in [3.63, 3.8) is 0 Å². The highest BCUT2D eigenvalue weighted by atomic mass is 32.1. The number of benzene rings is 1. The number of aromatic nitrogens is 1. The van der Waals surface area contributed by atoms with Crippen LogP contribution in [0.15, 0.2) is 29.8 Å². The molecule has 3 N–H and O–H groups in total. The molecule has 116 valence electrons. The number of amides is 2. The fourth-order valence-corrected chi connectivity index (χ4v) is 2.59. The van der Waals surface area contributed by atoms with Gasteiger partial charge in [0, 0.05) is 13.1 Å². The molecule has 0 aliphatic rings. The van der Waals surface area contributed by atoms with Gasteiger partial charge < -0.3 is 20.5 Å². The van der Waals surface area contributed by atoms with Crippen LogP contribution in [0.2, 0.25) is 0 Å². The summed E-state index contributed by atoms with van der Waals surface area (Å²) in [5.41, 5.74) is 2.75. The smallest absolute Gasteiger partial charge is 0.404 e. The molecule has 22 heavy (non-hydrogen) atoms. The van der Waals surface area contributed by atoms with Crippen molar-refractivity contribution in [1.29, 1.82) is 0 Å². The first-order valence-corrected chi connectivity index (χ1v) is 7.32. The molecule has 0 atom stereocenters. The summed E-state index contributed by atoms with van der Waals surface area (Å²) in [4.78, 5) is 27.3. The van der Waals surface area contributed by atoms with Gasteiger partial charge in [0.25, 0.3) is 5.91 Å².